The lowest BCUT2D eigenvalue weighted by Gasteiger charge is -2.33. The Morgan fingerprint density at radius 1 is 1.00 bits per heavy atom. The molecular weight excluding hydrogens is 368 g/mol. The maximum Gasteiger partial charge on any atom is 0.188 e. The van der Waals surface area contributed by atoms with E-state index in [0.717, 1.165) is 45.0 Å². The quantitative estimate of drug-likeness (QED) is 0.368. The summed E-state index contributed by atoms with van der Waals surface area (Å²) in [5, 5.41) is 1.84. The molecule has 0 N–H and O–H groups in total. The first-order valence-corrected chi connectivity index (χ1v) is 9.86. The molecule has 3 nitrogen and oxygen atoms in total. The Kier molecular flexibility index (Phi) is 3.97. The minimum absolute atomic E-state index is 0.741. The lowest BCUT2D eigenvalue weighted by molar-refractivity contribution is 0.309. The number of hydrogen-bond donors (Lipinski definition) is 0. The second-order valence-corrected chi connectivity index (χ2v) is 8.20. The fraction of sp³-hybridized carbons (Fsp3) is 0.167. The molecule has 0 amide bonds. The fourth-order valence-corrected chi connectivity index (χ4v) is 4.53. The lowest BCUT2D eigenvalue weighted by Crippen LogP contribution is -2.43. The van der Waals surface area contributed by atoms with Crippen LogP contribution in [0.5, 0.6) is 11.5 Å². The van der Waals surface area contributed by atoms with E-state index in [1.165, 1.54) is 16.9 Å². The lowest BCUT2D eigenvalue weighted by atomic mass is 10.1. The molecular formula is C24H22ClN2O+. The van der Waals surface area contributed by atoms with Gasteiger partial charge in [0.2, 0.25) is 0 Å². The largest absolute Gasteiger partial charge is 0.448 e. The number of aryl methyl sites for hydroxylation is 1. The number of fused-ring (bicyclic) bond motifs is 4. The van der Waals surface area contributed by atoms with E-state index in [1.807, 2.05) is 18.2 Å². The van der Waals surface area contributed by atoms with E-state index in [2.05, 4.69) is 73.3 Å². The van der Waals surface area contributed by atoms with Gasteiger partial charge in [0.25, 0.3) is 0 Å². The van der Waals surface area contributed by atoms with Gasteiger partial charge in [0.1, 0.15) is 18.8 Å². The number of hydrogen-bond acceptors (Lipinski definition) is 1. The smallest absolute Gasteiger partial charge is 0.188 e. The fourth-order valence-electron chi connectivity index (χ4n) is 4.36. The summed E-state index contributed by atoms with van der Waals surface area (Å²) < 4.78 is 9.50. The summed E-state index contributed by atoms with van der Waals surface area (Å²) in [6, 6.07) is 25.1. The Morgan fingerprint density at radius 3 is 2.57 bits per heavy atom. The summed E-state index contributed by atoms with van der Waals surface area (Å²) in [4.78, 5) is 0. The van der Waals surface area contributed by atoms with E-state index in [1.54, 1.807) is 0 Å². The average molecular weight is 390 g/mol. The van der Waals surface area contributed by atoms with Crippen LogP contribution in [0.2, 0.25) is 5.02 Å². The zero-order chi connectivity index (χ0) is 19.3. The summed E-state index contributed by atoms with van der Waals surface area (Å²) >= 11 is 6.27. The number of aromatic nitrogens is 1. The Morgan fingerprint density at radius 2 is 1.75 bits per heavy atom. The first-order valence-electron chi connectivity index (χ1n) is 9.48. The molecule has 0 aliphatic carbocycles. The molecule has 0 radical (unpaired) electrons. The Balaban J connectivity index is 1.73. The normalized spacial score (nSPS) is 18.2. The van der Waals surface area contributed by atoms with Gasteiger partial charge >= 0.3 is 0 Å². The molecule has 0 saturated carbocycles. The molecule has 28 heavy (non-hydrogen) atoms. The number of ether oxygens (including phenoxy) is 1. The van der Waals surface area contributed by atoms with E-state index in [9.17, 15) is 0 Å². The number of halogens is 1. The van der Waals surface area contributed by atoms with Gasteiger partial charge in [0, 0.05) is 29.1 Å². The number of para-hydroxylation sites is 2. The third-order valence-electron chi connectivity index (χ3n) is 5.76. The molecule has 1 aliphatic heterocycles. The highest BCUT2D eigenvalue weighted by Crippen LogP contribution is 2.46. The van der Waals surface area contributed by atoms with E-state index < -0.39 is 0 Å². The Bertz CT molecular complexity index is 1180. The van der Waals surface area contributed by atoms with Crippen LogP contribution in [0.1, 0.15) is 11.3 Å². The Hall–Kier alpha value is -2.75. The molecule has 4 heteroatoms. The monoisotopic (exact) mass is 389 g/mol. The van der Waals surface area contributed by atoms with E-state index in [0.29, 0.717) is 0 Å². The molecule has 0 spiro atoms. The van der Waals surface area contributed by atoms with E-state index in [4.69, 9.17) is 16.3 Å². The van der Waals surface area contributed by atoms with Crippen molar-refractivity contribution >= 4 is 28.2 Å². The van der Waals surface area contributed by atoms with Gasteiger partial charge < -0.3 is 9.30 Å². The van der Waals surface area contributed by atoms with Crippen LogP contribution in [0.15, 0.2) is 72.8 Å². The number of benzene rings is 3. The molecule has 0 fully saturated rings. The van der Waals surface area contributed by atoms with Gasteiger partial charge in [-0.15, -0.1) is 0 Å². The van der Waals surface area contributed by atoms with Crippen molar-refractivity contribution in [3.05, 3.63) is 89.1 Å². The van der Waals surface area contributed by atoms with Crippen LogP contribution in [0.25, 0.3) is 10.9 Å². The van der Waals surface area contributed by atoms with Gasteiger partial charge in [-0.25, -0.2) is 0 Å². The van der Waals surface area contributed by atoms with Gasteiger partial charge in [-0.05, 0) is 24.3 Å². The number of rotatable bonds is 2. The summed E-state index contributed by atoms with van der Waals surface area (Å²) in [5.74, 6) is 1.86. The standard InChI is InChI=1S/C24H22ClN2O/c1-26-20-14-18(25)12-13-19(20)24-21(26)16-27(2,15-17-8-4-3-5-9-17)22-10-6-7-11-23(22)28-24/h3-14H,15-16H2,1-2H3/q+1. The molecule has 140 valence electrons. The minimum Gasteiger partial charge on any atom is -0.448 e. The number of nitrogens with zero attached hydrogens (tertiary/aromatic N) is 2. The first-order chi connectivity index (χ1) is 13.5. The predicted octanol–water partition coefficient (Wildman–Crippen LogP) is 6.27. The van der Waals surface area contributed by atoms with Crippen LogP contribution in [-0.2, 0) is 20.1 Å². The second-order valence-electron chi connectivity index (χ2n) is 7.76. The van der Waals surface area contributed by atoms with Crippen LogP contribution in [0.3, 0.4) is 0 Å². The highest BCUT2D eigenvalue weighted by Gasteiger charge is 2.36. The van der Waals surface area contributed by atoms with Crippen molar-refractivity contribution in [3.8, 4) is 11.5 Å². The van der Waals surface area contributed by atoms with Gasteiger partial charge in [0.05, 0.1) is 12.6 Å². The molecule has 1 aromatic heterocycles. The highest BCUT2D eigenvalue weighted by molar-refractivity contribution is 6.31. The summed E-state index contributed by atoms with van der Waals surface area (Å²) in [7, 11) is 4.39. The average Bonchev–Trinajstić information content (AvgIpc) is 2.86. The van der Waals surface area contributed by atoms with Crippen LogP contribution in [0.4, 0.5) is 5.69 Å². The van der Waals surface area contributed by atoms with Crippen molar-refractivity contribution < 1.29 is 4.74 Å². The zero-order valence-electron chi connectivity index (χ0n) is 16.0. The van der Waals surface area contributed by atoms with Gasteiger partial charge in [-0.1, -0.05) is 54.1 Å². The third-order valence-corrected chi connectivity index (χ3v) is 6.00. The van der Waals surface area contributed by atoms with Gasteiger partial charge in [-0.3, -0.25) is 4.48 Å². The van der Waals surface area contributed by atoms with Crippen LogP contribution >= 0.6 is 11.6 Å². The predicted molar refractivity (Wildman–Crippen MR) is 116 cm³/mol. The molecule has 5 rings (SSSR count). The first kappa shape index (κ1) is 17.4. The second kappa shape index (κ2) is 6.40. The highest BCUT2D eigenvalue weighted by atomic mass is 35.5. The Labute approximate surface area is 169 Å². The van der Waals surface area contributed by atoms with Crippen molar-refractivity contribution in [2.75, 3.05) is 7.05 Å². The summed E-state index contributed by atoms with van der Waals surface area (Å²) in [6.07, 6.45) is 0. The maximum atomic E-state index is 6.53. The molecule has 1 aliphatic rings. The topological polar surface area (TPSA) is 14.2 Å². The van der Waals surface area contributed by atoms with Crippen LogP contribution < -0.4 is 9.22 Å². The third kappa shape index (κ3) is 2.70. The minimum atomic E-state index is 0.741. The van der Waals surface area contributed by atoms with Gasteiger partial charge in [-0.2, -0.15) is 0 Å². The van der Waals surface area contributed by atoms with Crippen LogP contribution in [0, 0.1) is 0 Å². The van der Waals surface area contributed by atoms with Crippen molar-refractivity contribution in [3.63, 3.8) is 0 Å². The van der Waals surface area contributed by atoms with Crippen molar-refractivity contribution in [2.45, 2.75) is 13.1 Å². The maximum absolute atomic E-state index is 6.53. The van der Waals surface area contributed by atoms with E-state index in [-0.39, 0.29) is 0 Å². The van der Waals surface area contributed by atoms with Crippen molar-refractivity contribution in [1.82, 2.24) is 9.05 Å². The molecule has 2 heterocycles. The number of quaternary nitrogens is 1. The van der Waals surface area contributed by atoms with Crippen molar-refractivity contribution in [1.29, 1.82) is 0 Å². The van der Waals surface area contributed by atoms with E-state index >= 15 is 0 Å². The molecule has 1 atom stereocenters. The molecule has 0 bridgehead atoms. The molecule has 4 aromatic rings. The van der Waals surface area contributed by atoms with Crippen molar-refractivity contribution in [2.24, 2.45) is 7.05 Å². The molecule has 1 unspecified atom stereocenters. The summed E-state index contributed by atoms with van der Waals surface area (Å²) in [5.41, 5.74) is 4.80. The molecule has 3 aromatic carbocycles. The molecule has 0 saturated heterocycles. The van der Waals surface area contributed by atoms with Crippen LogP contribution in [-0.4, -0.2) is 11.6 Å². The zero-order valence-corrected chi connectivity index (χ0v) is 16.8. The SMILES string of the molecule is Cn1c2c(c3ccc(Cl)cc31)Oc1ccccc1[N+](C)(Cc1ccccc1)C2. The van der Waals surface area contributed by atoms with Gasteiger partial charge in [0.15, 0.2) is 17.2 Å². The summed E-state index contributed by atoms with van der Waals surface area (Å²) in [6.45, 7) is 1.73.